The topological polar surface area (TPSA) is 228 Å². The van der Waals surface area contributed by atoms with Crippen molar-refractivity contribution in [2.24, 2.45) is 0 Å². The normalized spacial score (nSPS) is 30.7. The summed E-state index contributed by atoms with van der Waals surface area (Å²) in [5, 5.41) is 85.7. The molecule has 12 unspecified atom stereocenters. The Bertz CT molecular complexity index is 899. The summed E-state index contributed by atoms with van der Waals surface area (Å²) in [6.07, 6.45) is 5.41. The molecule has 0 spiro atoms. The van der Waals surface area contributed by atoms with E-state index in [0.29, 0.717) is 12.8 Å². The molecule has 0 aromatic rings. The maximum absolute atomic E-state index is 12.6. The second-order valence-electron chi connectivity index (χ2n) is 14.8. The first-order valence-corrected chi connectivity index (χ1v) is 20.3. The van der Waals surface area contributed by atoms with E-state index in [1.54, 1.807) is 0 Å². The zero-order valence-corrected chi connectivity index (χ0v) is 31.8. The first-order valence-electron chi connectivity index (χ1n) is 20.3. The number of unbranched alkanes of at least 4 members (excludes halogenated alkanes) is 16. The van der Waals surface area contributed by atoms with Gasteiger partial charge >= 0.3 is 0 Å². The first-order chi connectivity index (χ1) is 25.1. The lowest BCUT2D eigenvalue weighted by Crippen LogP contribution is -2.65. The van der Waals surface area contributed by atoms with Crippen LogP contribution in [0.4, 0.5) is 0 Å². The van der Waals surface area contributed by atoms with Crippen LogP contribution < -0.4 is 5.32 Å². The van der Waals surface area contributed by atoms with E-state index < -0.39 is 86.8 Å². The van der Waals surface area contributed by atoms with E-state index in [-0.39, 0.29) is 18.9 Å². The Morgan fingerprint density at radius 2 is 1.10 bits per heavy atom. The molecule has 0 aliphatic carbocycles. The van der Waals surface area contributed by atoms with Gasteiger partial charge in [-0.2, -0.15) is 0 Å². The van der Waals surface area contributed by atoms with Gasteiger partial charge in [0.05, 0.1) is 32.0 Å². The van der Waals surface area contributed by atoms with Crippen LogP contribution in [-0.4, -0.2) is 140 Å². The number of aliphatic hydroxyl groups is 8. The SMILES string of the molecule is CCCCCCCCCCCCCCCCCCC(O)C(COC1OC(CO)C(OC2OC(CO)C(O)C(O)C2O)C(O)C1O)NC(=O)CCCC. The van der Waals surface area contributed by atoms with E-state index in [2.05, 4.69) is 12.2 Å². The van der Waals surface area contributed by atoms with E-state index in [1.165, 1.54) is 77.0 Å². The van der Waals surface area contributed by atoms with Gasteiger partial charge in [0, 0.05) is 6.42 Å². The lowest BCUT2D eigenvalue weighted by molar-refractivity contribution is -0.359. The number of rotatable bonds is 29. The molecule has 52 heavy (non-hydrogen) atoms. The van der Waals surface area contributed by atoms with Crippen LogP contribution in [0.15, 0.2) is 0 Å². The molecule has 2 aliphatic rings. The van der Waals surface area contributed by atoms with Crippen LogP contribution in [-0.2, 0) is 23.7 Å². The molecule has 1 amide bonds. The van der Waals surface area contributed by atoms with Gasteiger partial charge in [0.1, 0.15) is 48.8 Å². The molecular weight excluding hydrogens is 678 g/mol. The zero-order valence-electron chi connectivity index (χ0n) is 31.8. The van der Waals surface area contributed by atoms with Gasteiger partial charge in [0.2, 0.25) is 5.91 Å². The number of aliphatic hydroxyl groups excluding tert-OH is 8. The highest BCUT2D eigenvalue weighted by Gasteiger charge is 2.50. The number of carbonyl (C=O) groups is 1. The monoisotopic (exact) mass is 752 g/mol. The van der Waals surface area contributed by atoms with Crippen LogP contribution in [0, 0.1) is 0 Å². The molecular formula is C38H73NO13. The summed E-state index contributed by atoms with van der Waals surface area (Å²) in [6, 6.07) is -0.815. The van der Waals surface area contributed by atoms with E-state index in [4.69, 9.17) is 18.9 Å². The Hall–Kier alpha value is -1.01. The van der Waals surface area contributed by atoms with Crippen LogP contribution in [0.1, 0.15) is 142 Å². The van der Waals surface area contributed by atoms with E-state index in [1.807, 2.05) is 6.92 Å². The van der Waals surface area contributed by atoms with Gasteiger partial charge in [-0.1, -0.05) is 123 Å². The summed E-state index contributed by atoms with van der Waals surface area (Å²) in [5.41, 5.74) is 0. The highest BCUT2D eigenvalue weighted by atomic mass is 16.7. The summed E-state index contributed by atoms with van der Waals surface area (Å²) < 4.78 is 22.4. The van der Waals surface area contributed by atoms with Gasteiger partial charge in [-0.3, -0.25) is 4.79 Å². The van der Waals surface area contributed by atoms with Gasteiger partial charge in [0.15, 0.2) is 12.6 Å². The van der Waals surface area contributed by atoms with Crippen LogP contribution in [0.5, 0.6) is 0 Å². The van der Waals surface area contributed by atoms with E-state index in [0.717, 1.165) is 32.1 Å². The maximum atomic E-state index is 12.6. The average Bonchev–Trinajstić information content (AvgIpc) is 3.14. The lowest BCUT2D eigenvalue weighted by Gasteiger charge is -2.46. The predicted molar refractivity (Wildman–Crippen MR) is 194 cm³/mol. The van der Waals surface area contributed by atoms with Crippen LogP contribution in [0.25, 0.3) is 0 Å². The fourth-order valence-corrected chi connectivity index (χ4v) is 6.86. The van der Waals surface area contributed by atoms with Gasteiger partial charge in [0.25, 0.3) is 0 Å². The van der Waals surface area contributed by atoms with Gasteiger partial charge in [-0.15, -0.1) is 0 Å². The number of nitrogens with one attached hydrogen (secondary N) is 1. The molecule has 308 valence electrons. The number of hydrogen-bond acceptors (Lipinski definition) is 13. The van der Waals surface area contributed by atoms with E-state index in [9.17, 15) is 45.6 Å². The quantitative estimate of drug-likeness (QED) is 0.0501. The van der Waals surface area contributed by atoms with Crippen molar-refractivity contribution in [2.75, 3.05) is 19.8 Å². The zero-order chi connectivity index (χ0) is 38.3. The second-order valence-corrected chi connectivity index (χ2v) is 14.8. The minimum Gasteiger partial charge on any atom is -0.394 e. The Labute approximate surface area is 311 Å². The molecule has 2 rings (SSSR count). The third-order valence-corrected chi connectivity index (χ3v) is 10.3. The number of hydrogen-bond donors (Lipinski definition) is 9. The van der Waals surface area contributed by atoms with E-state index >= 15 is 0 Å². The third-order valence-electron chi connectivity index (χ3n) is 10.3. The summed E-state index contributed by atoms with van der Waals surface area (Å²) in [4.78, 5) is 12.6. The second kappa shape index (κ2) is 27.6. The Kier molecular flexibility index (Phi) is 25.0. The molecule has 2 aliphatic heterocycles. The van der Waals surface area contributed by atoms with Crippen molar-refractivity contribution in [3.63, 3.8) is 0 Å². The fraction of sp³-hybridized carbons (Fsp3) is 0.974. The molecule has 0 radical (unpaired) electrons. The molecule has 2 fully saturated rings. The van der Waals surface area contributed by atoms with Crippen molar-refractivity contribution in [3.05, 3.63) is 0 Å². The molecule has 2 saturated heterocycles. The molecule has 0 bridgehead atoms. The number of carbonyl (C=O) groups excluding carboxylic acids is 1. The summed E-state index contributed by atoms with van der Waals surface area (Å²) in [5.74, 6) is -0.243. The van der Waals surface area contributed by atoms with Gasteiger partial charge in [-0.25, -0.2) is 0 Å². The highest BCUT2D eigenvalue weighted by Crippen LogP contribution is 2.30. The minimum absolute atomic E-state index is 0.243. The number of ether oxygens (including phenoxy) is 4. The van der Waals surface area contributed by atoms with Crippen LogP contribution in [0.2, 0.25) is 0 Å². The van der Waals surface area contributed by atoms with Crippen molar-refractivity contribution in [1.82, 2.24) is 5.32 Å². The standard InChI is InChI=1S/C38H73NO13/c1-3-5-7-8-9-10-11-12-13-14-15-16-17-18-19-20-21-27(42)26(39-30(43)22-6-4-2)25-49-37-35(48)33(46)36(29(24-41)51-37)52-38-34(47)32(45)31(44)28(23-40)50-38/h26-29,31-38,40-42,44-48H,3-25H2,1-2H3,(H,39,43). The predicted octanol–water partition coefficient (Wildman–Crippen LogP) is 2.31. The molecule has 12 atom stereocenters. The van der Waals surface area contributed by atoms with Crippen LogP contribution >= 0.6 is 0 Å². The summed E-state index contributed by atoms with van der Waals surface area (Å²) in [7, 11) is 0. The summed E-state index contributed by atoms with van der Waals surface area (Å²) >= 11 is 0. The van der Waals surface area contributed by atoms with Crippen molar-refractivity contribution in [3.8, 4) is 0 Å². The molecule has 0 aromatic heterocycles. The lowest BCUT2D eigenvalue weighted by atomic mass is 9.97. The fourth-order valence-electron chi connectivity index (χ4n) is 6.86. The molecule has 0 aromatic carbocycles. The molecule has 0 saturated carbocycles. The Morgan fingerprint density at radius 1 is 0.615 bits per heavy atom. The molecule has 14 nitrogen and oxygen atoms in total. The Balaban J connectivity index is 1.79. The molecule has 14 heteroatoms. The molecule has 2 heterocycles. The number of amides is 1. The largest absolute Gasteiger partial charge is 0.394 e. The van der Waals surface area contributed by atoms with Crippen molar-refractivity contribution in [2.45, 2.75) is 216 Å². The van der Waals surface area contributed by atoms with Crippen LogP contribution in [0.3, 0.4) is 0 Å². The Morgan fingerprint density at radius 3 is 1.62 bits per heavy atom. The van der Waals surface area contributed by atoms with Gasteiger partial charge < -0.3 is 65.1 Å². The minimum atomic E-state index is -1.77. The van der Waals surface area contributed by atoms with Crippen molar-refractivity contribution in [1.29, 1.82) is 0 Å². The third kappa shape index (κ3) is 16.8. The summed E-state index contributed by atoms with van der Waals surface area (Å²) in [6.45, 7) is 2.57. The highest BCUT2D eigenvalue weighted by molar-refractivity contribution is 5.76. The molecule has 9 N–H and O–H groups in total. The van der Waals surface area contributed by atoms with Gasteiger partial charge in [-0.05, 0) is 12.8 Å². The average molecular weight is 752 g/mol. The van der Waals surface area contributed by atoms with Crippen molar-refractivity contribution < 1.29 is 64.6 Å². The maximum Gasteiger partial charge on any atom is 0.220 e. The first kappa shape index (κ1) is 47.1. The smallest absolute Gasteiger partial charge is 0.220 e. The van der Waals surface area contributed by atoms with Crippen molar-refractivity contribution >= 4 is 5.91 Å².